The molecular formula is C34H44N3O4+3. The minimum atomic E-state index is -1.08. The molecule has 5 N–H and O–H groups in total. The van der Waals surface area contributed by atoms with E-state index in [1.54, 1.807) is 0 Å². The number of rotatable bonds is 13. The minimum Gasteiger partial charge on any atom is -0.481 e. The summed E-state index contributed by atoms with van der Waals surface area (Å²) in [5.74, 6) is -4.17. The van der Waals surface area contributed by atoms with Gasteiger partial charge in [-0.2, -0.15) is 0 Å². The van der Waals surface area contributed by atoms with E-state index in [2.05, 4.69) is 30.0 Å². The van der Waals surface area contributed by atoms with Gasteiger partial charge in [0.05, 0.1) is 24.9 Å². The number of fused-ring (bicyclic) bond motifs is 3. The van der Waals surface area contributed by atoms with Gasteiger partial charge in [0.15, 0.2) is 0 Å². The van der Waals surface area contributed by atoms with Crippen molar-refractivity contribution in [1.82, 2.24) is 0 Å². The fraction of sp³-hybridized carbons (Fsp3) is 0.412. The predicted molar refractivity (Wildman–Crippen MR) is 159 cm³/mol. The Morgan fingerprint density at radius 2 is 1.07 bits per heavy atom. The molecule has 0 spiro atoms. The summed E-state index contributed by atoms with van der Waals surface area (Å²) in [5, 5.41) is 19.8. The molecule has 0 unspecified atom stereocenters. The van der Waals surface area contributed by atoms with Gasteiger partial charge >= 0.3 is 11.9 Å². The molecule has 0 aliphatic carbocycles. The summed E-state index contributed by atoms with van der Waals surface area (Å²) in [7, 11) is 0. The van der Waals surface area contributed by atoms with Crippen molar-refractivity contribution in [2.75, 3.05) is 52.4 Å². The molecule has 7 heteroatoms. The van der Waals surface area contributed by atoms with Crippen LogP contribution in [0.2, 0.25) is 0 Å². The van der Waals surface area contributed by atoms with E-state index < -0.39 is 23.8 Å². The van der Waals surface area contributed by atoms with Crippen molar-refractivity contribution in [3.05, 3.63) is 95.6 Å². The number of aliphatic carboxylic acids is 2. The van der Waals surface area contributed by atoms with Gasteiger partial charge in [0.25, 0.3) is 0 Å². The van der Waals surface area contributed by atoms with Crippen LogP contribution in [0.25, 0.3) is 11.1 Å². The summed E-state index contributed by atoms with van der Waals surface area (Å²) >= 11 is 0. The normalized spacial score (nSPS) is 23.1. The fourth-order valence-corrected chi connectivity index (χ4v) is 6.91. The molecule has 0 radical (unpaired) electrons. The number of hydrogen-bond donors (Lipinski definition) is 3. The van der Waals surface area contributed by atoms with Gasteiger partial charge in [0.1, 0.15) is 45.8 Å². The number of carboxylic acid groups (broad SMARTS) is 2. The van der Waals surface area contributed by atoms with Gasteiger partial charge in [0.2, 0.25) is 0 Å². The summed E-state index contributed by atoms with van der Waals surface area (Å²) in [4.78, 5) is 24.2. The Balaban J connectivity index is 1.21. The van der Waals surface area contributed by atoms with E-state index in [1.807, 2.05) is 54.6 Å². The second-order valence-corrected chi connectivity index (χ2v) is 12.3. The highest BCUT2D eigenvalue weighted by atomic mass is 16.4. The Morgan fingerprint density at radius 1 is 0.634 bits per heavy atom. The number of hydrogen-bond acceptors (Lipinski definition) is 2. The first-order chi connectivity index (χ1) is 19.8. The number of benzene rings is 3. The molecule has 0 aromatic heterocycles. The van der Waals surface area contributed by atoms with Gasteiger partial charge in [-0.25, -0.2) is 0 Å². The zero-order valence-corrected chi connectivity index (χ0v) is 24.0. The molecule has 2 bridgehead atoms. The average molecular weight is 559 g/mol. The van der Waals surface area contributed by atoms with Crippen molar-refractivity contribution in [2.45, 2.75) is 25.8 Å². The summed E-state index contributed by atoms with van der Waals surface area (Å²) in [5.41, 5.74) is 9.27. The lowest BCUT2D eigenvalue weighted by molar-refractivity contribution is -1.09. The maximum atomic E-state index is 12.1. The van der Waals surface area contributed by atoms with Crippen LogP contribution in [0, 0.1) is 11.8 Å². The van der Waals surface area contributed by atoms with Crippen LogP contribution < -0.4 is 5.73 Å². The summed E-state index contributed by atoms with van der Waals surface area (Å²) in [6.45, 7) is 11.1. The SMILES string of the molecule is [NH3+]CCC[N+]12CC[N+](Cc3ccc(-c4ccc(C[C@H](C(=O)O)[C@H](Cc5ccccc5)C(=O)O)cc4)cc3)(CC1)CC2. The van der Waals surface area contributed by atoms with Gasteiger partial charge in [-0.05, 0) is 35.1 Å². The lowest BCUT2D eigenvalue weighted by Crippen LogP contribution is -2.74. The second kappa shape index (κ2) is 12.6. The van der Waals surface area contributed by atoms with Crippen LogP contribution >= 0.6 is 0 Å². The smallest absolute Gasteiger partial charge is 0.307 e. The van der Waals surface area contributed by atoms with Crippen LogP contribution in [0.1, 0.15) is 23.1 Å². The molecule has 3 aromatic rings. The topological polar surface area (TPSA) is 102 Å². The minimum absolute atomic E-state index is 0.174. The Bertz CT molecular complexity index is 1300. The van der Waals surface area contributed by atoms with Crippen molar-refractivity contribution in [2.24, 2.45) is 11.8 Å². The van der Waals surface area contributed by atoms with Crippen LogP contribution in [-0.2, 0) is 29.0 Å². The van der Waals surface area contributed by atoms with Gasteiger partial charge in [-0.3, -0.25) is 9.59 Å². The Hall–Kier alpha value is -3.52. The lowest BCUT2D eigenvalue weighted by Gasteiger charge is -2.55. The van der Waals surface area contributed by atoms with Crippen molar-refractivity contribution in [1.29, 1.82) is 0 Å². The highest BCUT2D eigenvalue weighted by Gasteiger charge is 2.48. The first-order valence-corrected chi connectivity index (χ1v) is 15.0. The molecule has 41 heavy (non-hydrogen) atoms. The van der Waals surface area contributed by atoms with Crippen molar-refractivity contribution >= 4 is 11.9 Å². The standard InChI is InChI=1S/C34H41N3O4/c35-15-4-16-36-17-20-37(21-18-36,22-19-36)25-28-9-13-30(14-10-28)29-11-7-27(8-12-29)24-32(34(40)41)31(33(38)39)23-26-5-2-1-3-6-26/h1-3,5-14,31-32H,4,15-25,35H2/p+3/t31-,32-,36?,37?/m0/s1. The molecule has 3 fully saturated rings. The molecule has 0 amide bonds. The molecule has 3 heterocycles. The average Bonchev–Trinajstić information content (AvgIpc) is 3.00. The number of carboxylic acids is 2. The largest absolute Gasteiger partial charge is 0.481 e. The molecule has 7 nitrogen and oxygen atoms in total. The lowest BCUT2D eigenvalue weighted by atomic mass is 9.82. The first-order valence-electron chi connectivity index (χ1n) is 15.0. The van der Waals surface area contributed by atoms with Crippen molar-refractivity contribution in [3.8, 4) is 11.1 Å². The number of quaternary nitrogens is 3. The highest BCUT2D eigenvalue weighted by molar-refractivity contribution is 5.80. The van der Waals surface area contributed by atoms with E-state index >= 15 is 0 Å². The third-order valence-electron chi connectivity index (χ3n) is 9.66. The summed E-state index contributed by atoms with van der Waals surface area (Å²) in [6, 6.07) is 26.0. The van der Waals surface area contributed by atoms with E-state index in [1.165, 1.54) is 66.8 Å². The molecule has 3 saturated heterocycles. The molecule has 0 saturated carbocycles. The molecule has 3 aromatic carbocycles. The molecule has 6 rings (SSSR count). The zero-order chi connectivity index (χ0) is 28.9. The fourth-order valence-electron chi connectivity index (χ4n) is 6.91. The Morgan fingerprint density at radius 3 is 1.54 bits per heavy atom. The van der Waals surface area contributed by atoms with Gasteiger partial charge in [0, 0.05) is 12.0 Å². The third kappa shape index (κ3) is 6.87. The molecule has 2 atom stereocenters. The quantitative estimate of drug-likeness (QED) is 0.280. The number of piperazine rings is 3. The number of carbonyl (C=O) groups is 2. The maximum Gasteiger partial charge on any atom is 0.307 e. The van der Waals surface area contributed by atoms with Crippen molar-refractivity contribution < 1.29 is 34.5 Å². The zero-order valence-electron chi connectivity index (χ0n) is 24.0. The molecular weight excluding hydrogens is 514 g/mol. The Labute approximate surface area is 243 Å². The Kier molecular flexibility index (Phi) is 8.88. The van der Waals surface area contributed by atoms with Gasteiger partial charge in [-0.15, -0.1) is 0 Å². The second-order valence-electron chi connectivity index (χ2n) is 12.3. The summed E-state index contributed by atoms with van der Waals surface area (Å²) in [6.07, 6.45) is 1.60. The van der Waals surface area contributed by atoms with E-state index in [9.17, 15) is 19.8 Å². The monoisotopic (exact) mass is 558 g/mol. The van der Waals surface area contributed by atoms with Crippen LogP contribution in [-0.4, -0.2) is 83.5 Å². The van der Waals surface area contributed by atoms with E-state index in [0.29, 0.717) is 0 Å². The first kappa shape index (κ1) is 29.0. The highest BCUT2D eigenvalue weighted by Crippen LogP contribution is 2.30. The van der Waals surface area contributed by atoms with Crippen molar-refractivity contribution in [3.63, 3.8) is 0 Å². The van der Waals surface area contributed by atoms with Crippen LogP contribution in [0.15, 0.2) is 78.9 Å². The van der Waals surface area contributed by atoms with Gasteiger partial charge in [-0.1, -0.05) is 78.9 Å². The summed E-state index contributed by atoms with van der Waals surface area (Å²) < 4.78 is 2.52. The van der Waals surface area contributed by atoms with E-state index in [4.69, 9.17) is 0 Å². The molecule has 216 valence electrons. The molecule has 3 aliphatic heterocycles. The predicted octanol–water partition coefficient (Wildman–Crippen LogP) is 3.33. The van der Waals surface area contributed by atoms with E-state index in [0.717, 1.165) is 35.3 Å². The van der Waals surface area contributed by atoms with Crippen LogP contribution in [0.3, 0.4) is 0 Å². The number of nitrogens with zero attached hydrogens (tertiary/aromatic N) is 2. The van der Waals surface area contributed by atoms with E-state index in [-0.39, 0.29) is 12.8 Å². The van der Waals surface area contributed by atoms with Crippen LogP contribution in [0.4, 0.5) is 0 Å². The molecule has 3 aliphatic rings. The van der Waals surface area contributed by atoms with Crippen LogP contribution in [0.5, 0.6) is 0 Å². The maximum absolute atomic E-state index is 12.1. The third-order valence-corrected chi connectivity index (χ3v) is 9.66. The van der Waals surface area contributed by atoms with Gasteiger partial charge < -0.3 is 24.9 Å².